The van der Waals surface area contributed by atoms with Gasteiger partial charge in [0.2, 0.25) is 10.0 Å². The maximum absolute atomic E-state index is 12.4. The van der Waals surface area contributed by atoms with Gasteiger partial charge >= 0.3 is 5.97 Å². The van der Waals surface area contributed by atoms with Crippen molar-refractivity contribution in [3.8, 4) is 0 Å². The molecule has 0 amide bonds. The van der Waals surface area contributed by atoms with Gasteiger partial charge in [0, 0.05) is 6.20 Å². The first-order valence-electron chi connectivity index (χ1n) is 6.99. The zero-order valence-corrected chi connectivity index (χ0v) is 13.0. The third-order valence-corrected chi connectivity index (χ3v) is 5.85. The lowest BCUT2D eigenvalue weighted by Gasteiger charge is -2.34. The van der Waals surface area contributed by atoms with Crippen LogP contribution in [0.2, 0.25) is 0 Å². The molecule has 1 N–H and O–H groups in total. The molecule has 0 bridgehead atoms. The van der Waals surface area contributed by atoms with Crippen molar-refractivity contribution >= 4 is 16.0 Å². The lowest BCUT2D eigenvalue weighted by atomic mass is 9.85. The van der Waals surface area contributed by atoms with E-state index in [1.165, 1.54) is 7.11 Å². The molecule has 116 valence electrons. The molecular weight excluding hydrogens is 292 g/mol. The first-order valence-corrected chi connectivity index (χ1v) is 8.54. The van der Waals surface area contributed by atoms with Crippen molar-refractivity contribution in [2.45, 2.75) is 37.5 Å². The average Bonchev–Trinajstić information content (AvgIpc) is 2.43. The highest BCUT2D eigenvalue weighted by Crippen LogP contribution is 2.34. The van der Waals surface area contributed by atoms with Crippen molar-refractivity contribution in [1.82, 2.24) is 9.71 Å². The Hall–Kier alpha value is -1.47. The lowest BCUT2D eigenvalue weighted by Crippen LogP contribution is -2.49. The second-order valence-corrected chi connectivity index (χ2v) is 7.05. The summed E-state index contributed by atoms with van der Waals surface area (Å²) in [6.07, 6.45) is 3.26. The molecule has 0 radical (unpaired) electrons. The Morgan fingerprint density at radius 2 is 2.24 bits per heavy atom. The summed E-state index contributed by atoms with van der Waals surface area (Å²) in [6.45, 7) is 1.89. The number of carbonyl (C=O) groups is 1. The molecule has 1 fully saturated rings. The van der Waals surface area contributed by atoms with Crippen LogP contribution in [0.1, 0.15) is 37.9 Å². The van der Waals surface area contributed by atoms with Gasteiger partial charge in [-0.2, -0.15) is 0 Å². The van der Waals surface area contributed by atoms with E-state index in [0.29, 0.717) is 25.0 Å². The summed E-state index contributed by atoms with van der Waals surface area (Å²) in [5, 5.41) is -0.706. The van der Waals surface area contributed by atoms with Gasteiger partial charge in [0.1, 0.15) is 0 Å². The number of aromatic nitrogens is 1. The Bertz CT molecular complexity index is 588. The molecule has 1 heterocycles. The van der Waals surface area contributed by atoms with Gasteiger partial charge in [-0.05, 0) is 31.4 Å². The number of ether oxygens (including phenoxy) is 1. The molecular formula is C14H20N2O4S. The molecule has 0 spiro atoms. The van der Waals surface area contributed by atoms with Crippen LogP contribution in [0.3, 0.4) is 0 Å². The predicted octanol–water partition coefficient (Wildman–Crippen LogP) is 1.40. The monoisotopic (exact) mass is 312 g/mol. The Labute approximate surface area is 125 Å². The highest BCUT2D eigenvalue weighted by Gasteiger charge is 2.46. The standard InChI is InChI=1S/C14H20N2O4S/c1-3-11(12-6-4-5-9-15-12)16-21(18,19)13-8-7-10(13)14(17)20-2/h4-6,9-11,13,16H,3,7-8H2,1-2H3/t10?,11-,13?/m1/s1. The molecule has 1 aromatic rings. The van der Waals surface area contributed by atoms with Crippen molar-refractivity contribution in [1.29, 1.82) is 0 Å². The van der Waals surface area contributed by atoms with E-state index in [1.54, 1.807) is 18.3 Å². The second kappa shape index (κ2) is 6.53. The maximum atomic E-state index is 12.4. The Balaban J connectivity index is 2.11. The SMILES string of the molecule is CC[C@@H](NS(=O)(=O)C1CCC1C(=O)OC)c1ccccn1. The number of nitrogens with zero attached hydrogens (tertiary/aromatic N) is 1. The van der Waals surface area contributed by atoms with Crippen molar-refractivity contribution in [2.24, 2.45) is 5.92 Å². The average molecular weight is 312 g/mol. The van der Waals surface area contributed by atoms with Crippen molar-refractivity contribution < 1.29 is 17.9 Å². The summed E-state index contributed by atoms with van der Waals surface area (Å²) < 4.78 is 32.2. The molecule has 1 aromatic heterocycles. The molecule has 2 unspecified atom stereocenters. The number of nitrogens with one attached hydrogen (secondary N) is 1. The molecule has 2 rings (SSSR count). The first kappa shape index (κ1) is 15.9. The van der Waals surface area contributed by atoms with Gasteiger partial charge in [0.05, 0.1) is 30.0 Å². The molecule has 6 nitrogen and oxygen atoms in total. The number of rotatable bonds is 6. The smallest absolute Gasteiger partial charge is 0.310 e. The minimum absolute atomic E-state index is 0.380. The number of methoxy groups -OCH3 is 1. The number of sulfonamides is 1. The first-order chi connectivity index (χ1) is 9.99. The molecule has 1 saturated carbocycles. The van der Waals surface area contributed by atoms with Crippen LogP contribution in [-0.2, 0) is 19.6 Å². The van der Waals surface area contributed by atoms with E-state index in [1.807, 2.05) is 13.0 Å². The summed E-state index contributed by atoms with van der Waals surface area (Å²) in [4.78, 5) is 15.7. The largest absolute Gasteiger partial charge is 0.469 e. The van der Waals surface area contributed by atoms with Crippen LogP contribution in [0.5, 0.6) is 0 Å². The van der Waals surface area contributed by atoms with Crippen molar-refractivity contribution in [3.63, 3.8) is 0 Å². The zero-order chi connectivity index (χ0) is 15.5. The van der Waals surface area contributed by atoms with Crippen LogP contribution in [0, 0.1) is 5.92 Å². The fourth-order valence-corrected chi connectivity index (χ4v) is 4.47. The summed E-state index contributed by atoms with van der Waals surface area (Å²) in [7, 11) is -2.30. The van der Waals surface area contributed by atoms with Gasteiger partial charge in [0.15, 0.2) is 0 Å². The van der Waals surface area contributed by atoms with Gasteiger partial charge in [-0.3, -0.25) is 9.78 Å². The molecule has 1 aliphatic rings. The third-order valence-electron chi connectivity index (χ3n) is 3.87. The van der Waals surface area contributed by atoms with Crippen molar-refractivity contribution in [2.75, 3.05) is 7.11 Å². The zero-order valence-electron chi connectivity index (χ0n) is 12.2. The van der Waals surface area contributed by atoms with E-state index in [0.717, 1.165) is 0 Å². The number of hydrogen-bond donors (Lipinski definition) is 1. The highest BCUT2D eigenvalue weighted by atomic mass is 32.2. The van der Waals surface area contributed by atoms with Crippen LogP contribution in [0.4, 0.5) is 0 Å². The van der Waals surface area contributed by atoms with E-state index in [2.05, 4.69) is 14.4 Å². The van der Waals surface area contributed by atoms with Gasteiger partial charge in [0.25, 0.3) is 0 Å². The minimum atomic E-state index is -3.58. The van der Waals surface area contributed by atoms with E-state index >= 15 is 0 Å². The third kappa shape index (κ3) is 3.41. The fraction of sp³-hybridized carbons (Fsp3) is 0.571. The molecule has 21 heavy (non-hydrogen) atoms. The lowest BCUT2D eigenvalue weighted by molar-refractivity contribution is -0.147. The Morgan fingerprint density at radius 1 is 1.48 bits per heavy atom. The minimum Gasteiger partial charge on any atom is -0.469 e. The Kier molecular flexibility index (Phi) is 4.95. The van der Waals surface area contributed by atoms with E-state index in [4.69, 9.17) is 0 Å². The second-order valence-electron chi connectivity index (χ2n) is 5.12. The molecule has 7 heteroatoms. The van der Waals surface area contributed by atoms with Crippen LogP contribution in [-0.4, -0.2) is 31.7 Å². The number of hydrogen-bond acceptors (Lipinski definition) is 5. The van der Waals surface area contributed by atoms with Gasteiger partial charge in [-0.15, -0.1) is 0 Å². The highest BCUT2D eigenvalue weighted by molar-refractivity contribution is 7.90. The van der Waals surface area contributed by atoms with Crippen molar-refractivity contribution in [3.05, 3.63) is 30.1 Å². The summed E-state index contributed by atoms with van der Waals surface area (Å²) in [5.41, 5.74) is 0.678. The molecule has 3 atom stereocenters. The molecule has 0 aliphatic heterocycles. The van der Waals surface area contributed by atoms with E-state index in [-0.39, 0.29) is 6.04 Å². The quantitative estimate of drug-likeness (QED) is 0.803. The van der Waals surface area contributed by atoms with Crippen LogP contribution in [0.15, 0.2) is 24.4 Å². The fourth-order valence-electron chi connectivity index (χ4n) is 2.48. The van der Waals surface area contributed by atoms with E-state index < -0.39 is 27.2 Å². The van der Waals surface area contributed by atoms with Crippen LogP contribution < -0.4 is 4.72 Å². The van der Waals surface area contributed by atoms with Gasteiger partial charge in [-0.25, -0.2) is 13.1 Å². The summed E-state index contributed by atoms with van der Waals surface area (Å²) in [5.74, 6) is -1.02. The number of esters is 1. The predicted molar refractivity (Wildman–Crippen MR) is 77.9 cm³/mol. The number of carbonyl (C=O) groups excluding carboxylic acids is 1. The van der Waals surface area contributed by atoms with Crippen LogP contribution in [0.25, 0.3) is 0 Å². The molecule has 0 saturated heterocycles. The summed E-state index contributed by atoms with van der Waals surface area (Å²) >= 11 is 0. The number of pyridine rings is 1. The topological polar surface area (TPSA) is 85.4 Å². The van der Waals surface area contributed by atoms with E-state index in [9.17, 15) is 13.2 Å². The van der Waals surface area contributed by atoms with Crippen LogP contribution >= 0.6 is 0 Å². The van der Waals surface area contributed by atoms with Gasteiger partial charge in [-0.1, -0.05) is 13.0 Å². The molecule has 1 aliphatic carbocycles. The normalized spacial score (nSPS) is 23.1. The molecule has 0 aromatic carbocycles. The summed E-state index contributed by atoms with van der Waals surface area (Å²) in [6, 6.07) is 5.01. The maximum Gasteiger partial charge on any atom is 0.310 e. The van der Waals surface area contributed by atoms with Gasteiger partial charge < -0.3 is 4.74 Å². The Morgan fingerprint density at radius 3 is 2.71 bits per heavy atom.